The second-order valence-corrected chi connectivity index (χ2v) is 0. The quantitative estimate of drug-likeness (QED) is 0.304. The van der Waals surface area contributed by atoms with E-state index in [9.17, 15) is 0 Å². The Morgan fingerprint density at radius 1 is 0.417 bits per heavy atom. The summed E-state index contributed by atoms with van der Waals surface area (Å²) in [5.74, 6) is 0. The van der Waals surface area contributed by atoms with Crippen LogP contribution >= 0.6 is 0 Å². The van der Waals surface area contributed by atoms with E-state index in [1.807, 2.05) is 0 Å². The summed E-state index contributed by atoms with van der Waals surface area (Å²) in [6.45, 7) is 22.5. The average molecular weight is 234 g/mol. The molecule has 0 unspecified atom stereocenters. The summed E-state index contributed by atoms with van der Waals surface area (Å²) >= 11 is 0. The number of hydrogen-bond acceptors (Lipinski definition) is 0. The van der Waals surface area contributed by atoms with Gasteiger partial charge < -0.3 is 0 Å². The third kappa shape index (κ3) is 1440. The zero-order valence-electron chi connectivity index (χ0n) is 5.92. The predicted molar refractivity (Wildman–Crippen MR) is 25.4 cm³/mol. The molecule has 0 amide bonds. The van der Waals surface area contributed by atoms with Gasteiger partial charge >= 0.3 is 56.5 Å². The van der Waals surface area contributed by atoms with Crippen LogP contribution in [-0.4, -0.2) is 51.4 Å². The Morgan fingerprint density at radius 3 is 0.417 bits per heavy atom. The van der Waals surface area contributed by atoms with Crippen LogP contribution in [0.25, 0.3) is 0 Å². The van der Waals surface area contributed by atoms with Gasteiger partial charge in [0.2, 0.25) is 0 Å². The largest absolute Gasteiger partial charge is 0 e. The van der Waals surface area contributed by atoms with Crippen molar-refractivity contribution in [1.82, 2.24) is 0 Å². The molecule has 7 heteroatoms. The van der Waals surface area contributed by atoms with Crippen LogP contribution in [0.2, 0.25) is 0 Å². The minimum Gasteiger partial charge on any atom is 0 e. The van der Waals surface area contributed by atoms with Crippen LogP contribution in [0.4, 0.5) is 0 Å². The minimum absolute atomic E-state index is 0. The fourth-order valence-corrected chi connectivity index (χ4v) is 0. The van der Waals surface area contributed by atoms with Gasteiger partial charge in [0.05, 0.1) is 0 Å². The SMILES string of the molecule is [C-]#[O+].[C-]#[O+].[C-]#[O+].[C-]#[O+].[C-]#[O+].[K].[Mn]. The van der Waals surface area contributed by atoms with Gasteiger partial charge in [0.1, 0.15) is 0 Å². The van der Waals surface area contributed by atoms with Gasteiger partial charge in [-0.25, -0.2) is 0 Å². The molecule has 0 atom stereocenters. The Morgan fingerprint density at radius 2 is 0.417 bits per heavy atom. The zero-order chi connectivity index (χ0) is 10.0. The molecular weight excluding hydrogens is 234 g/mol. The Balaban J connectivity index is -0.00000000500. The van der Waals surface area contributed by atoms with E-state index in [-0.39, 0.29) is 68.5 Å². The maximum Gasteiger partial charge on any atom is 0 e. The Hall–Kier alpha value is 0.856. The zero-order valence-corrected chi connectivity index (χ0v) is 10.2. The van der Waals surface area contributed by atoms with Crippen molar-refractivity contribution in [3.63, 3.8) is 0 Å². The summed E-state index contributed by atoms with van der Waals surface area (Å²) in [6.07, 6.45) is 0. The second kappa shape index (κ2) is 1910. The van der Waals surface area contributed by atoms with Gasteiger partial charge in [-0.05, 0) is 0 Å². The molecule has 0 aromatic rings. The van der Waals surface area contributed by atoms with E-state index in [2.05, 4.69) is 33.3 Å². The van der Waals surface area contributed by atoms with E-state index in [1.165, 1.54) is 0 Å². The molecule has 0 aromatic heterocycles. The molecule has 0 rings (SSSR count). The summed E-state index contributed by atoms with van der Waals surface area (Å²) in [4.78, 5) is 0. The van der Waals surface area contributed by atoms with Crippen molar-refractivity contribution in [3.8, 4) is 0 Å². The van der Waals surface area contributed by atoms with Crippen molar-refractivity contribution >= 4 is 51.4 Å². The monoisotopic (exact) mass is 234 g/mol. The maximum atomic E-state index is 7.50. The molecule has 0 aliphatic carbocycles. The third-order valence-electron chi connectivity index (χ3n) is 0. The van der Waals surface area contributed by atoms with Gasteiger partial charge in [0.25, 0.3) is 0 Å². The van der Waals surface area contributed by atoms with E-state index in [1.54, 1.807) is 0 Å². The van der Waals surface area contributed by atoms with Crippen molar-refractivity contribution < 1.29 is 40.3 Å². The first-order valence-electron chi connectivity index (χ1n) is 1.02. The van der Waals surface area contributed by atoms with Gasteiger partial charge in [-0.1, -0.05) is 0 Å². The Labute approximate surface area is 123 Å². The van der Waals surface area contributed by atoms with Crippen LogP contribution in [0.3, 0.4) is 0 Å². The van der Waals surface area contributed by atoms with Crippen molar-refractivity contribution in [2.24, 2.45) is 0 Å². The van der Waals surface area contributed by atoms with Gasteiger partial charge in [-0.2, -0.15) is 0 Å². The van der Waals surface area contributed by atoms with E-state index >= 15 is 0 Å². The summed E-state index contributed by atoms with van der Waals surface area (Å²) in [7, 11) is 0. The van der Waals surface area contributed by atoms with Crippen LogP contribution in [0.1, 0.15) is 0 Å². The normalized spacial score (nSPS) is 0.833. The van der Waals surface area contributed by atoms with E-state index < -0.39 is 0 Å². The summed E-state index contributed by atoms with van der Waals surface area (Å²) in [5, 5.41) is 0. The minimum atomic E-state index is 0. The summed E-state index contributed by atoms with van der Waals surface area (Å²) < 4.78 is 37.5. The molecule has 0 heterocycles. The molecule has 0 saturated carbocycles. The van der Waals surface area contributed by atoms with Crippen LogP contribution in [-0.2, 0) is 40.3 Å². The average Bonchev–Trinajstić information content (AvgIpc) is 2.20. The molecule has 0 aromatic carbocycles. The van der Waals surface area contributed by atoms with E-state index in [4.69, 9.17) is 23.3 Å². The van der Waals surface area contributed by atoms with Gasteiger partial charge in [-0.15, -0.1) is 0 Å². The van der Waals surface area contributed by atoms with Gasteiger partial charge in [-0.3, -0.25) is 0 Å². The molecule has 0 aliphatic heterocycles. The molecule has 2 radical (unpaired) electrons. The maximum absolute atomic E-state index is 7.50. The number of rotatable bonds is 0. The van der Waals surface area contributed by atoms with Crippen molar-refractivity contribution in [1.29, 1.82) is 0 Å². The molecule has 58 valence electrons. The third-order valence-corrected chi connectivity index (χ3v) is 0. The Kier molecular flexibility index (Phi) is 8380. The van der Waals surface area contributed by atoms with Crippen LogP contribution < -0.4 is 0 Å². The smallest absolute Gasteiger partial charge is 0 e. The molecule has 0 aliphatic rings. The first kappa shape index (κ1) is 52.7. The molecule has 0 fully saturated rings. The molecule has 12 heavy (non-hydrogen) atoms. The summed E-state index contributed by atoms with van der Waals surface area (Å²) in [6, 6.07) is 0. The summed E-state index contributed by atoms with van der Waals surface area (Å²) in [5.41, 5.74) is 0. The van der Waals surface area contributed by atoms with Crippen molar-refractivity contribution in [3.05, 3.63) is 33.3 Å². The Bertz CT molecular complexity index is 78.4. The fraction of sp³-hybridized carbons (Fsp3) is 0. The fourth-order valence-electron chi connectivity index (χ4n) is 0. The van der Waals surface area contributed by atoms with E-state index in [0.29, 0.717) is 0 Å². The molecule has 0 saturated heterocycles. The second-order valence-electron chi connectivity index (χ2n) is 0. The molecule has 5 nitrogen and oxygen atoms in total. The van der Waals surface area contributed by atoms with Gasteiger partial charge in [0.15, 0.2) is 0 Å². The van der Waals surface area contributed by atoms with E-state index in [0.717, 1.165) is 0 Å². The molecule has 0 bridgehead atoms. The number of hydrogen-bond donors (Lipinski definition) is 0. The first-order chi connectivity index (χ1) is 5.00. The topological polar surface area (TPSA) is 99.5 Å². The first-order valence-corrected chi connectivity index (χ1v) is 1.02. The van der Waals surface area contributed by atoms with Crippen molar-refractivity contribution in [2.45, 2.75) is 0 Å². The van der Waals surface area contributed by atoms with Crippen LogP contribution in [0, 0.1) is 33.3 Å². The molecule has 0 N–H and O–H groups in total. The van der Waals surface area contributed by atoms with Crippen molar-refractivity contribution in [2.75, 3.05) is 0 Å². The molecule has 0 spiro atoms. The van der Waals surface area contributed by atoms with Crippen LogP contribution in [0.5, 0.6) is 0 Å². The standard InChI is InChI=1S/5CO.K.Mn/c5*1-2;;. The van der Waals surface area contributed by atoms with Gasteiger partial charge in [0, 0.05) is 68.5 Å². The van der Waals surface area contributed by atoms with Crippen LogP contribution in [0.15, 0.2) is 0 Å². The predicted octanol–water partition coefficient (Wildman–Crippen LogP) is -0.571. The molecular formula is C5KMnO5.